The zero-order valence-electron chi connectivity index (χ0n) is 16.2. The van der Waals surface area contributed by atoms with E-state index >= 15 is 0 Å². The van der Waals surface area contributed by atoms with E-state index in [0.717, 1.165) is 24.2 Å². The topological polar surface area (TPSA) is 59.1 Å². The van der Waals surface area contributed by atoms with Crippen molar-refractivity contribution < 1.29 is 19.1 Å². The number of amides is 2. The summed E-state index contributed by atoms with van der Waals surface area (Å²) >= 11 is 0. The molecule has 0 spiro atoms. The summed E-state index contributed by atoms with van der Waals surface area (Å²) in [5.41, 5.74) is 2.00. The summed E-state index contributed by atoms with van der Waals surface area (Å²) in [6.07, 6.45) is 2.63. The fourth-order valence-corrected chi connectivity index (χ4v) is 3.74. The molecular formula is C22H24N2O4. The lowest BCUT2D eigenvalue weighted by atomic mass is 10.1. The number of hydrogen-bond acceptors (Lipinski definition) is 4. The molecule has 1 heterocycles. The Labute approximate surface area is 164 Å². The quantitative estimate of drug-likeness (QED) is 0.815. The Morgan fingerprint density at radius 3 is 2.21 bits per heavy atom. The van der Waals surface area contributed by atoms with Crippen molar-refractivity contribution in [1.29, 1.82) is 0 Å². The Hall–Kier alpha value is -3.02. The SMILES string of the molecule is COc1cccc(C(=O)N2CCCN(C(=O)C3CC3)c3ccccc32)c1OC. The molecule has 1 aliphatic heterocycles. The Bertz CT molecular complexity index is 907. The van der Waals surface area contributed by atoms with Crippen molar-refractivity contribution >= 4 is 23.2 Å². The molecular weight excluding hydrogens is 356 g/mol. The highest BCUT2D eigenvalue weighted by molar-refractivity contribution is 6.11. The molecule has 1 saturated carbocycles. The van der Waals surface area contributed by atoms with E-state index in [1.54, 1.807) is 30.2 Å². The summed E-state index contributed by atoms with van der Waals surface area (Å²) in [5, 5.41) is 0. The lowest BCUT2D eigenvalue weighted by Crippen LogP contribution is -2.32. The van der Waals surface area contributed by atoms with Crippen LogP contribution < -0.4 is 19.3 Å². The maximum Gasteiger partial charge on any atom is 0.262 e. The van der Waals surface area contributed by atoms with Gasteiger partial charge in [0.05, 0.1) is 31.2 Å². The Balaban J connectivity index is 1.74. The van der Waals surface area contributed by atoms with Gasteiger partial charge in [-0.15, -0.1) is 0 Å². The molecule has 0 unspecified atom stereocenters. The van der Waals surface area contributed by atoms with E-state index in [2.05, 4.69) is 0 Å². The zero-order valence-corrected chi connectivity index (χ0v) is 16.2. The molecule has 0 radical (unpaired) electrons. The van der Waals surface area contributed by atoms with E-state index in [1.807, 2.05) is 29.2 Å². The maximum absolute atomic E-state index is 13.5. The standard InChI is InChI=1S/C22H24N2O4/c1-27-19-10-5-7-16(20(19)28-2)22(26)24-14-6-13-23(21(25)15-11-12-15)17-8-3-4-9-18(17)24/h3-5,7-10,15H,6,11-14H2,1-2H3. The van der Waals surface area contributed by atoms with Gasteiger partial charge in [0.25, 0.3) is 5.91 Å². The van der Waals surface area contributed by atoms with E-state index < -0.39 is 0 Å². The van der Waals surface area contributed by atoms with Crippen LogP contribution in [0.25, 0.3) is 0 Å². The number of methoxy groups -OCH3 is 2. The third-order valence-corrected chi connectivity index (χ3v) is 5.30. The molecule has 2 aliphatic rings. The number of carbonyl (C=O) groups is 2. The highest BCUT2D eigenvalue weighted by Crippen LogP contribution is 2.39. The first-order valence-electron chi connectivity index (χ1n) is 9.59. The second-order valence-electron chi connectivity index (χ2n) is 7.10. The van der Waals surface area contributed by atoms with Crippen molar-refractivity contribution in [2.45, 2.75) is 19.3 Å². The van der Waals surface area contributed by atoms with Crippen LogP contribution in [0.2, 0.25) is 0 Å². The number of rotatable bonds is 4. The molecule has 2 aromatic carbocycles. The van der Waals surface area contributed by atoms with Gasteiger partial charge in [-0.2, -0.15) is 0 Å². The molecule has 0 N–H and O–H groups in total. The zero-order chi connectivity index (χ0) is 19.7. The number of benzene rings is 2. The summed E-state index contributed by atoms with van der Waals surface area (Å²) in [6.45, 7) is 1.15. The minimum atomic E-state index is -0.163. The summed E-state index contributed by atoms with van der Waals surface area (Å²) < 4.78 is 10.8. The van der Waals surface area contributed by atoms with Crippen molar-refractivity contribution in [3.63, 3.8) is 0 Å². The second-order valence-corrected chi connectivity index (χ2v) is 7.10. The van der Waals surface area contributed by atoms with Crippen LogP contribution in [0.3, 0.4) is 0 Å². The smallest absolute Gasteiger partial charge is 0.262 e. The maximum atomic E-state index is 13.5. The first kappa shape index (κ1) is 18.3. The Morgan fingerprint density at radius 2 is 1.57 bits per heavy atom. The van der Waals surface area contributed by atoms with Gasteiger partial charge in [-0.3, -0.25) is 9.59 Å². The van der Waals surface area contributed by atoms with Gasteiger partial charge in [0, 0.05) is 19.0 Å². The van der Waals surface area contributed by atoms with Crippen LogP contribution >= 0.6 is 0 Å². The predicted molar refractivity (Wildman–Crippen MR) is 107 cm³/mol. The second kappa shape index (κ2) is 7.54. The van der Waals surface area contributed by atoms with Crippen molar-refractivity contribution in [3.8, 4) is 11.5 Å². The van der Waals surface area contributed by atoms with Gasteiger partial charge >= 0.3 is 0 Å². The van der Waals surface area contributed by atoms with Crippen LogP contribution in [0.5, 0.6) is 11.5 Å². The summed E-state index contributed by atoms with van der Waals surface area (Å²) in [7, 11) is 3.08. The number of para-hydroxylation sites is 3. The number of anilines is 2. The minimum absolute atomic E-state index is 0.133. The van der Waals surface area contributed by atoms with Gasteiger partial charge in [-0.05, 0) is 43.5 Å². The van der Waals surface area contributed by atoms with Gasteiger partial charge in [-0.25, -0.2) is 0 Å². The molecule has 0 atom stereocenters. The molecule has 0 saturated heterocycles. The molecule has 146 valence electrons. The highest BCUT2D eigenvalue weighted by atomic mass is 16.5. The normalized spacial score (nSPS) is 16.2. The van der Waals surface area contributed by atoms with Crippen molar-refractivity contribution in [1.82, 2.24) is 0 Å². The molecule has 4 rings (SSSR count). The molecule has 28 heavy (non-hydrogen) atoms. The van der Waals surface area contributed by atoms with Crippen LogP contribution in [0, 0.1) is 5.92 Å². The van der Waals surface area contributed by atoms with Gasteiger partial charge in [-0.1, -0.05) is 18.2 Å². The number of ether oxygens (including phenoxy) is 2. The van der Waals surface area contributed by atoms with Crippen LogP contribution in [0.15, 0.2) is 42.5 Å². The van der Waals surface area contributed by atoms with Crippen LogP contribution in [0.1, 0.15) is 29.6 Å². The van der Waals surface area contributed by atoms with E-state index in [9.17, 15) is 9.59 Å². The monoisotopic (exact) mass is 380 g/mol. The molecule has 1 fully saturated rings. The molecule has 6 nitrogen and oxygen atoms in total. The summed E-state index contributed by atoms with van der Waals surface area (Å²) in [4.78, 5) is 29.9. The number of hydrogen-bond donors (Lipinski definition) is 0. The van der Waals surface area contributed by atoms with Crippen molar-refractivity contribution in [3.05, 3.63) is 48.0 Å². The molecule has 2 aromatic rings. The fourth-order valence-electron chi connectivity index (χ4n) is 3.74. The molecule has 6 heteroatoms. The van der Waals surface area contributed by atoms with E-state index in [1.165, 1.54) is 7.11 Å². The highest BCUT2D eigenvalue weighted by Gasteiger charge is 2.37. The molecule has 1 aliphatic carbocycles. The van der Waals surface area contributed by atoms with E-state index in [-0.39, 0.29) is 17.7 Å². The van der Waals surface area contributed by atoms with Crippen molar-refractivity contribution in [2.24, 2.45) is 5.92 Å². The number of carbonyl (C=O) groups excluding carboxylic acids is 2. The number of nitrogens with zero attached hydrogens (tertiary/aromatic N) is 2. The van der Waals surface area contributed by atoms with Gasteiger partial charge in [0.15, 0.2) is 11.5 Å². The first-order chi connectivity index (χ1) is 13.7. The van der Waals surface area contributed by atoms with Gasteiger partial charge in [0.1, 0.15) is 0 Å². The van der Waals surface area contributed by atoms with Crippen LogP contribution in [0.4, 0.5) is 11.4 Å². The molecule has 0 bridgehead atoms. The van der Waals surface area contributed by atoms with Gasteiger partial charge < -0.3 is 19.3 Å². The average Bonchev–Trinajstić information content (AvgIpc) is 3.58. The minimum Gasteiger partial charge on any atom is -0.493 e. The molecule has 0 aromatic heterocycles. The summed E-state index contributed by atoms with van der Waals surface area (Å²) in [5.74, 6) is 1.07. The first-order valence-corrected chi connectivity index (χ1v) is 9.59. The fraction of sp³-hybridized carbons (Fsp3) is 0.364. The number of fused-ring (bicyclic) bond motifs is 1. The third-order valence-electron chi connectivity index (χ3n) is 5.30. The predicted octanol–water partition coefficient (Wildman–Crippen LogP) is 3.50. The third kappa shape index (κ3) is 3.19. The van der Waals surface area contributed by atoms with E-state index in [0.29, 0.717) is 36.6 Å². The molecule has 2 amide bonds. The van der Waals surface area contributed by atoms with Gasteiger partial charge in [0.2, 0.25) is 5.91 Å². The Kier molecular flexibility index (Phi) is 4.94. The Morgan fingerprint density at radius 1 is 0.893 bits per heavy atom. The van der Waals surface area contributed by atoms with Crippen LogP contribution in [-0.4, -0.2) is 39.1 Å². The van der Waals surface area contributed by atoms with E-state index in [4.69, 9.17) is 9.47 Å². The summed E-state index contributed by atoms with van der Waals surface area (Å²) in [6, 6.07) is 12.9. The average molecular weight is 380 g/mol. The lowest BCUT2D eigenvalue weighted by molar-refractivity contribution is -0.119. The lowest BCUT2D eigenvalue weighted by Gasteiger charge is -2.26. The van der Waals surface area contributed by atoms with Crippen molar-refractivity contribution in [2.75, 3.05) is 37.1 Å². The van der Waals surface area contributed by atoms with Crippen LogP contribution in [-0.2, 0) is 4.79 Å². The largest absolute Gasteiger partial charge is 0.493 e.